The predicted octanol–water partition coefficient (Wildman–Crippen LogP) is 1.41. The highest BCUT2D eigenvalue weighted by molar-refractivity contribution is 5.69. The lowest BCUT2D eigenvalue weighted by molar-refractivity contribution is -0.150. The summed E-state index contributed by atoms with van der Waals surface area (Å²) in [4.78, 5) is 52.5. The van der Waals surface area contributed by atoms with Crippen molar-refractivity contribution < 1.29 is 28.9 Å². The van der Waals surface area contributed by atoms with E-state index in [0.29, 0.717) is 36.3 Å². The van der Waals surface area contributed by atoms with Crippen molar-refractivity contribution in [3.63, 3.8) is 0 Å². The van der Waals surface area contributed by atoms with Gasteiger partial charge in [-0.25, -0.2) is 24.4 Å². The summed E-state index contributed by atoms with van der Waals surface area (Å²) in [5.74, 6) is 7.30. The fourth-order valence-electron chi connectivity index (χ4n) is 4.35. The van der Waals surface area contributed by atoms with Gasteiger partial charge in [-0.05, 0) is 31.0 Å². The largest absolute Gasteiger partial charge is 0.463 e. The number of terminal acetylenes is 3. The number of ether oxygens (including phenoxy) is 2. The molecule has 4 heterocycles. The Morgan fingerprint density at radius 1 is 0.980 bits per heavy atom. The third-order valence-electron chi connectivity index (χ3n) is 6.74. The standard InChI is InChI=1S/C15H18N2O6.C13H10N2O.C8H6O2/c1-2-3-4-6-11(18)22-9-10-12(19)13(20)14(23-10)17-8-5-7-16-15(17)21;1-2-11-8-14-13(16)15(9-11)10-12-6-4-3-5-7-12;1-3-7-4-6(2)10-8(9)5-7/h1,5,7-8,10,12-14,19-20H,3-4,6,9H2;1,3-9H,10H2;1,4-5H,2H3/t10-,12-,13-,14-;;/m1../s1. The highest BCUT2D eigenvalue weighted by atomic mass is 16.6. The summed E-state index contributed by atoms with van der Waals surface area (Å²) >= 11 is 0. The molecule has 3 aromatic heterocycles. The minimum Gasteiger partial charge on any atom is -0.463 e. The van der Waals surface area contributed by atoms with E-state index in [0.717, 1.165) is 10.1 Å². The van der Waals surface area contributed by atoms with Crippen LogP contribution in [0.25, 0.3) is 0 Å². The second-order valence-electron chi connectivity index (χ2n) is 10.4. The van der Waals surface area contributed by atoms with Gasteiger partial charge in [-0.1, -0.05) is 42.2 Å². The highest BCUT2D eigenvalue weighted by Crippen LogP contribution is 2.28. The number of unbranched alkanes of at least 4 members (excludes halogenated alkanes) is 1. The van der Waals surface area contributed by atoms with Gasteiger partial charge in [0.15, 0.2) is 6.23 Å². The molecule has 0 radical (unpaired) electrons. The van der Waals surface area contributed by atoms with Crippen LogP contribution in [0.4, 0.5) is 0 Å². The quantitative estimate of drug-likeness (QED) is 0.158. The number of carbonyl (C=O) groups excluding carboxylic acids is 1. The normalized spacial score (nSPS) is 17.5. The zero-order chi connectivity index (χ0) is 35.8. The van der Waals surface area contributed by atoms with Crippen molar-refractivity contribution in [2.24, 2.45) is 0 Å². The van der Waals surface area contributed by atoms with E-state index >= 15 is 0 Å². The van der Waals surface area contributed by atoms with Gasteiger partial charge >= 0.3 is 23.0 Å². The molecule has 252 valence electrons. The number of aryl methyl sites for hydroxylation is 1. The average molecular weight is 667 g/mol. The van der Waals surface area contributed by atoms with Gasteiger partial charge in [0.25, 0.3) is 0 Å². The van der Waals surface area contributed by atoms with Crippen LogP contribution in [0, 0.1) is 44.0 Å². The Labute approximate surface area is 281 Å². The van der Waals surface area contributed by atoms with E-state index < -0.39 is 41.8 Å². The van der Waals surface area contributed by atoms with Crippen molar-refractivity contribution in [2.45, 2.75) is 57.3 Å². The van der Waals surface area contributed by atoms with Crippen LogP contribution < -0.4 is 17.0 Å². The molecule has 4 aromatic rings. The van der Waals surface area contributed by atoms with E-state index in [1.807, 2.05) is 30.3 Å². The van der Waals surface area contributed by atoms with E-state index in [1.165, 1.54) is 35.3 Å². The number of esters is 1. The molecule has 0 spiro atoms. The van der Waals surface area contributed by atoms with E-state index in [1.54, 1.807) is 19.2 Å². The number of benzene rings is 1. The molecule has 0 amide bonds. The molecular weight excluding hydrogens is 632 g/mol. The second kappa shape index (κ2) is 18.9. The molecule has 13 heteroatoms. The lowest BCUT2D eigenvalue weighted by Crippen LogP contribution is -2.36. The maximum Gasteiger partial charge on any atom is 0.349 e. The number of rotatable bonds is 8. The number of hydrogen-bond donors (Lipinski definition) is 2. The zero-order valence-corrected chi connectivity index (χ0v) is 26.5. The van der Waals surface area contributed by atoms with Crippen LogP contribution in [-0.4, -0.2) is 60.2 Å². The molecule has 4 atom stereocenters. The minimum atomic E-state index is -1.33. The Morgan fingerprint density at radius 2 is 1.71 bits per heavy atom. The fraction of sp³-hybridized carbons (Fsp3) is 0.278. The van der Waals surface area contributed by atoms with E-state index in [2.05, 4.69) is 32.1 Å². The van der Waals surface area contributed by atoms with Crippen LogP contribution in [0.1, 0.15) is 47.9 Å². The van der Waals surface area contributed by atoms with Crippen LogP contribution in [0.15, 0.2) is 92.1 Å². The molecule has 0 bridgehead atoms. The molecule has 1 aliphatic heterocycles. The molecule has 5 rings (SSSR count). The molecule has 49 heavy (non-hydrogen) atoms. The number of nitrogens with zero attached hydrogens (tertiary/aromatic N) is 4. The Balaban J connectivity index is 0.000000216. The van der Waals surface area contributed by atoms with E-state index in [-0.39, 0.29) is 18.7 Å². The fourth-order valence-corrected chi connectivity index (χ4v) is 4.35. The molecule has 13 nitrogen and oxygen atoms in total. The third kappa shape index (κ3) is 11.6. The van der Waals surface area contributed by atoms with Gasteiger partial charge < -0.3 is 24.1 Å². The van der Waals surface area contributed by atoms with E-state index in [9.17, 15) is 29.4 Å². The third-order valence-corrected chi connectivity index (χ3v) is 6.74. The Morgan fingerprint density at radius 3 is 2.37 bits per heavy atom. The molecule has 2 N–H and O–H groups in total. The number of aliphatic hydroxyl groups is 2. The summed E-state index contributed by atoms with van der Waals surface area (Å²) in [6.45, 7) is 1.95. The van der Waals surface area contributed by atoms with Crippen LogP contribution in [0.3, 0.4) is 0 Å². The van der Waals surface area contributed by atoms with Gasteiger partial charge in [0.2, 0.25) is 0 Å². The highest BCUT2D eigenvalue weighted by Gasteiger charge is 2.44. The SMILES string of the molecule is C#CCCCC(=O)OC[C@H]1O[C@@H](n2cccnc2=O)[C@H](O)[C@@H]1O.C#Cc1cc(C)oc(=O)c1.C#Cc1cnc(=O)n(Cc2ccccc2)c1. The van der Waals surface area contributed by atoms with Crippen molar-refractivity contribution in [1.82, 2.24) is 19.1 Å². The summed E-state index contributed by atoms with van der Waals surface area (Å²) in [5, 5.41) is 20.0. The number of aliphatic hydroxyl groups excluding tert-OH is 2. The van der Waals surface area contributed by atoms with Gasteiger partial charge in [-0.15, -0.1) is 25.2 Å². The monoisotopic (exact) mass is 666 g/mol. The van der Waals surface area contributed by atoms with Crippen LogP contribution in [0.5, 0.6) is 0 Å². The predicted molar refractivity (Wildman–Crippen MR) is 178 cm³/mol. The van der Waals surface area contributed by atoms with E-state index in [4.69, 9.17) is 28.7 Å². The van der Waals surface area contributed by atoms with Gasteiger partial charge in [-0.3, -0.25) is 13.9 Å². The summed E-state index contributed by atoms with van der Waals surface area (Å²) in [5.41, 5.74) is 0.913. The van der Waals surface area contributed by atoms with Crippen molar-refractivity contribution in [2.75, 3.05) is 6.61 Å². The Bertz CT molecular complexity index is 2000. The van der Waals surface area contributed by atoms with Gasteiger partial charge in [0.05, 0.1) is 12.1 Å². The van der Waals surface area contributed by atoms with Crippen LogP contribution in [-0.2, 0) is 20.8 Å². The molecule has 0 unspecified atom stereocenters. The second-order valence-corrected chi connectivity index (χ2v) is 10.4. The summed E-state index contributed by atoms with van der Waals surface area (Å²) in [6.07, 6.45) is 17.7. The average Bonchev–Trinajstić information content (AvgIpc) is 3.38. The summed E-state index contributed by atoms with van der Waals surface area (Å²) < 4.78 is 17.7. The first-order chi connectivity index (χ1) is 23.6. The molecule has 1 fully saturated rings. The van der Waals surface area contributed by atoms with Gasteiger partial charge in [0.1, 0.15) is 30.7 Å². The maximum absolute atomic E-state index is 11.7. The number of aromatic nitrogens is 4. The molecule has 1 aromatic carbocycles. The first-order valence-electron chi connectivity index (χ1n) is 14.9. The van der Waals surface area contributed by atoms with Crippen molar-refractivity contribution in [3.8, 4) is 37.0 Å². The van der Waals surface area contributed by atoms with Crippen LogP contribution in [0.2, 0.25) is 0 Å². The Hall–Kier alpha value is -6.04. The van der Waals surface area contributed by atoms with Gasteiger partial charge in [0, 0.05) is 49.3 Å². The lowest BCUT2D eigenvalue weighted by Gasteiger charge is -2.16. The van der Waals surface area contributed by atoms with Crippen molar-refractivity contribution in [3.05, 3.63) is 127 Å². The summed E-state index contributed by atoms with van der Waals surface area (Å²) in [6, 6.07) is 14.1. The molecule has 0 saturated carbocycles. The summed E-state index contributed by atoms with van der Waals surface area (Å²) in [7, 11) is 0. The number of hydrogen-bond acceptors (Lipinski definition) is 11. The van der Waals surface area contributed by atoms with Crippen molar-refractivity contribution in [1.29, 1.82) is 0 Å². The molecule has 1 aliphatic rings. The molecular formula is C36H34N4O9. The maximum atomic E-state index is 11.7. The first kappa shape index (κ1) is 37.4. The lowest BCUT2D eigenvalue weighted by atomic mass is 10.1. The minimum absolute atomic E-state index is 0.168. The zero-order valence-electron chi connectivity index (χ0n) is 26.5. The van der Waals surface area contributed by atoms with Crippen LogP contribution >= 0.6 is 0 Å². The topological polar surface area (TPSA) is 176 Å². The number of carbonyl (C=O) groups is 1. The molecule has 1 saturated heterocycles. The Kier molecular flexibility index (Phi) is 14.5. The van der Waals surface area contributed by atoms with Crippen molar-refractivity contribution >= 4 is 5.97 Å². The first-order valence-corrected chi connectivity index (χ1v) is 14.9. The smallest absolute Gasteiger partial charge is 0.349 e. The van der Waals surface area contributed by atoms with Gasteiger partial charge in [-0.2, -0.15) is 0 Å². The molecule has 0 aliphatic carbocycles.